The summed E-state index contributed by atoms with van der Waals surface area (Å²) in [5.74, 6) is -0.550. The summed E-state index contributed by atoms with van der Waals surface area (Å²) in [5, 5.41) is 9.62. The van der Waals surface area contributed by atoms with Gasteiger partial charge in [-0.05, 0) is 6.07 Å². The third kappa shape index (κ3) is 1.97. The SMILES string of the molecule is OC(CBr)c1cccc(Cl)c1F. The van der Waals surface area contributed by atoms with Crippen LogP contribution in [0.15, 0.2) is 18.2 Å². The van der Waals surface area contributed by atoms with E-state index in [2.05, 4.69) is 15.9 Å². The molecule has 1 nitrogen and oxygen atoms in total. The summed E-state index contributed by atoms with van der Waals surface area (Å²) in [6.45, 7) is 0. The van der Waals surface area contributed by atoms with Gasteiger partial charge in [0.25, 0.3) is 0 Å². The second-order valence-electron chi connectivity index (χ2n) is 2.31. The molecule has 0 fully saturated rings. The normalized spacial score (nSPS) is 13.0. The van der Waals surface area contributed by atoms with E-state index >= 15 is 0 Å². The van der Waals surface area contributed by atoms with Crippen molar-refractivity contribution >= 4 is 27.5 Å². The first kappa shape index (κ1) is 9.96. The number of benzene rings is 1. The highest BCUT2D eigenvalue weighted by atomic mass is 79.9. The van der Waals surface area contributed by atoms with Crippen LogP contribution in [0.3, 0.4) is 0 Å². The second kappa shape index (κ2) is 4.21. The van der Waals surface area contributed by atoms with E-state index in [0.717, 1.165) is 0 Å². The third-order valence-electron chi connectivity index (χ3n) is 1.49. The molecule has 1 atom stereocenters. The molecule has 0 aliphatic carbocycles. The molecule has 0 aliphatic heterocycles. The quantitative estimate of drug-likeness (QED) is 0.804. The van der Waals surface area contributed by atoms with Crippen molar-refractivity contribution in [3.63, 3.8) is 0 Å². The van der Waals surface area contributed by atoms with Crippen LogP contribution in [0.4, 0.5) is 4.39 Å². The molecule has 0 heterocycles. The molecule has 0 saturated heterocycles. The van der Waals surface area contributed by atoms with Crippen LogP contribution >= 0.6 is 27.5 Å². The molecule has 1 rings (SSSR count). The molecule has 0 bridgehead atoms. The van der Waals surface area contributed by atoms with E-state index in [1.807, 2.05) is 0 Å². The molecule has 4 heteroatoms. The standard InChI is InChI=1S/C8H7BrClFO/c9-4-7(12)5-2-1-3-6(10)8(5)11/h1-3,7,12H,4H2. The Kier molecular flexibility index (Phi) is 3.50. The number of aliphatic hydroxyl groups excluding tert-OH is 1. The minimum absolute atomic E-state index is 0.0347. The van der Waals surface area contributed by atoms with Gasteiger partial charge in [0.1, 0.15) is 5.82 Å². The molecular formula is C8H7BrClFO. The summed E-state index contributed by atoms with van der Waals surface area (Å²) in [4.78, 5) is 0. The van der Waals surface area contributed by atoms with Gasteiger partial charge in [0, 0.05) is 10.9 Å². The third-order valence-corrected chi connectivity index (χ3v) is 2.39. The predicted octanol–water partition coefficient (Wildman–Crippen LogP) is 2.91. The van der Waals surface area contributed by atoms with E-state index in [4.69, 9.17) is 11.6 Å². The molecule has 0 saturated carbocycles. The fraction of sp³-hybridized carbons (Fsp3) is 0.250. The smallest absolute Gasteiger partial charge is 0.147 e. The van der Waals surface area contributed by atoms with Crippen LogP contribution in [0.2, 0.25) is 5.02 Å². The zero-order valence-electron chi connectivity index (χ0n) is 6.10. The lowest BCUT2D eigenvalue weighted by atomic mass is 10.1. The molecule has 12 heavy (non-hydrogen) atoms. The topological polar surface area (TPSA) is 20.2 Å². The van der Waals surface area contributed by atoms with Gasteiger partial charge in [-0.2, -0.15) is 0 Å². The lowest BCUT2D eigenvalue weighted by Gasteiger charge is -2.08. The largest absolute Gasteiger partial charge is 0.387 e. The van der Waals surface area contributed by atoms with E-state index in [1.165, 1.54) is 12.1 Å². The molecule has 1 aromatic rings. The minimum atomic E-state index is -0.844. The first-order valence-corrected chi connectivity index (χ1v) is 4.84. The van der Waals surface area contributed by atoms with Gasteiger partial charge in [0.2, 0.25) is 0 Å². The molecule has 1 aromatic carbocycles. The van der Waals surface area contributed by atoms with Crippen LogP contribution in [-0.2, 0) is 0 Å². The summed E-state index contributed by atoms with van der Waals surface area (Å²) in [6, 6.07) is 4.56. The highest BCUT2D eigenvalue weighted by Crippen LogP contribution is 2.24. The molecule has 0 radical (unpaired) electrons. The van der Waals surface area contributed by atoms with Gasteiger partial charge in [-0.3, -0.25) is 0 Å². The Bertz CT molecular complexity index is 280. The van der Waals surface area contributed by atoms with E-state index < -0.39 is 11.9 Å². The Morgan fingerprint density at radius 1 is 1.58 bits per heavy atom. The van der Waals surface area contributed by atoms with E-state index in [9.17, 15) is 9.50 Å². The highest BCUT2D eigenvalue weighted by Gasteiger charge is 2.12. The van der Waals surface area contributed by atoms with Crippen molar-refractivity contribution in [3.05, 3.63) is 34.6 Å². The van der Waals surface area contributed by atoms with E-state index in [0.29, 0.717) is 5.33 Å². The van der Waals surface area contributed by atoms with Crippen LogP contribution < -0.4 is 0 Å². The second-order valence-corrected chi connectivity index (χ2v) is 3.37. The molecular weight excluding hydrogens is 246 g/mol. The highest BCUT2D eigenvalue weighted by molar-refractivity contribution is 9.09. The van der Waals surface area contributed by atoms with Gasteiger partial charge in [0.05, 0.1) is 11.1 Å². The molecule has 1 N–H and O–H groups in total. The first-order valence-electron chi connectivity index (χ1n) is 3.34. The number of halogens is 3. The molecule has 66 valence electrons. The lowest BCUT2D eigenvalue weighted by Crippen LogP contribution is -2.01. The summed E-state index contributed by atoms with van der Waals surface area (Å²) < 4.78 is 13.1. The lowest BCUT2D eigenvalue weighted by molar-refractivity contribution is 0.200. The monoisotopic (exact) mass is 252 g/mol. The molecule has 0 amide bonds. The van der Waals surface area contributed by atoms with Crippen molar-refractivity contribution in [3.8, 4) is 0 Å². The molecule has 1 unspecified atom stereocenters. The summed E-state index contributed by atoms with van der Waals surface area (Å²) in [6.07, 6.45) is -0.844. The van der Waals surface area contributed by atoms with Gasteiger partial charge in [-0.25, -0.2) is 4.39 Å². The van der Waals surface area contributed by atoms with E-state index in [1.54, 1.807) is 6.07 Å². The zero-order valence-corrected chi connectivity index (χ0v) is 8.44. The van der Waals surface area contributed by atoms with Gasteiger partial charge >= 0.3 is 0 Å². The number of alkyl halides is 1. The molecule has 0 spiro atoms. The van der Waals surface area contributed by atoms with Gasteiger partial charge < -0.3 is 5.11 Å². The van der Waals surface area contributed by atoms with Crippen molar-refractivity contribution in [2.45, 2.75) is 6.10 Å². The Morgan fingerprint density at radius 3 is 2.83 bits per heavy atom. The fourth-order valence-electron chi connectivity index (χ4n) is 0.861. The first-order chi connectivity index (χ1) is 5.66. The average molecular weight is 253 g/mol. The maximum Gasteiger partial charge on any atom is 0.147 e. The Hall–Kier alpha value is -0.120. The Morgan fingerprint density at radius 2 is 2.25 bits per heavy atom. The maximum absolute atomic E-state index is 13.1. The van der Waals surface area contributed by atoms with Crippen LogP contribution in [0, 0.1) is 5.82 Å². The summed E-state index contributed by atoms with van der Waals surface area (Å²) >= 11 is 8.56. The summed E-state index contributed by atoms with van der Waals surface area (Å²) in [5.41, 5.74) is 0.222. The Balaban J connectivity index is 3.07. The molecule has 0 aromatic heterocycles. The fourth-order valence-corrected chi connectivity index (χ4v) is 1.39. The van der Waals surface area contributed by atoms with Gasteiger partial charge in [0.15, 0.2) is 0 Å². The van der Waals surface area contributed by atoms with Crippen molar-refractivity contribution in [2.24, 2.45) is 0 Å². The summed E-state index contributed by atoms with van der Waals surface area (Å²) in [7, 11) is 0. The number of hydrogen-bond acceptors (Lipinski definition) is 1. The van der Waals surface area contributed by atoms with Crippen LogP contribution in [0.25, 0.3) is 0 Å². The van der Waals surface area contributed by atoms with E-state index in [-0.39, 0.29) is 10.6 Å². The van der Waals surface area contributed by atoms with Crippen LogP contribution in [0.1, 0.15) is 11.7 Å². The van der Waals surface area contributed by atoms with Crippen molar-refractivity contribution in [1.82, 2.24) is 0 Å². The van der Waals surface area contributed by atoms with Crippen molar-refractivity contribution < 1.29 is 9.50 Å². The maximum atomic E-state index is 13.1. The zero-order chi connectivity index (χ0) is 9.14. The molecule has 0 aliphatic rings. The average Bonchev–Trinajstić information content (AvgIpc) is 2.08. The Labute approximate surface area is 83.3 Å². The van der Waals surface area contributed by atoms with Crippen molar-refractivity contribution in [1.29, 1.82) is 0 Å². The minimum Gasteiger partial charge on any atom is -0.387 e. The van der Waals surface area contributed by atoms with Gasteiger partial charge in [-0.1, -0.05) is 39.7 Å². The predicted molar refractivity (Wildman–Crippen MR) is 50.2 cm³/mol. The van der Waals surface area contributed by atoms with Crippen LogP contribution in [0.5, 0.6) is 0 Å². The number of rotatable bonds is 2. The van der Waals surface area contributed by atoms with Gasteiger partial charge in [-0.15, -0.1) is 0 Å². The van der Waals surface area contributed by atoms with Crippen molar-refractivity contribution in [2.75, 3.05) is 5.33 Å². The van der Waals surface area contributed by atoms with Crippen LogP contribution in [-0.4, -0.2) is 10.4 Å². The number of aliphatic hydroxyl groups is 1. The number of hydrogen-bond donors (Lipinski definition) is 1.